The minimum atomic E-state index is -0.264. The number of halogens is 2. The summed E-state index contributed by atoms with van der Waals surface area (Å²) in [6.07, 6.45) is 3.01. The average molecular weight is 272 g/mol. The van der Waals surface area contributed by atoms with Crippen molar-refractivity contribution in [3.05, 3.63) is 0 Å². The fraction of sp³-hybridized carbons (Fsp3) is 0.900. The molecule has 0 saturated carbocycles. The van der Waals surface area contributed by atoms with Gasteiger partial charge in [-0.3, -0.25) is 4.79 Å². The molecule has 0 unspecified atom stereocenters. The largest absolute Gasteiger partial charge is 0.340 e. The second kappa shape index (κ2) is 9.05. The van der Waals surface area contributed by atoms with Crippen LogP contribution in [0.15, 0.2) is 0 Å². The Morgan fingerprint density at radius 2 is 2.00 bits per heavy atom. The van der Waals surface area contributed by atoms with Crippen molar-refractivity contribution in [3.8, 4) is 0 Å². The summed E-state index contributed by atoms with van der Waals surface area (Å²) in [4.78, 5) is 15.7. The Morgan fingerprint density at radius 1 is 1.38 bits per heavy atom. The van der Waals surface area contributed by atoms with E-state index in [2.05, 4.69) is 4.90 Å². The molecule has 16 heavy (non-hydrogen) atoms. The summed E-state index contributed by atoms with van der Waals surface area (Å²) in [6.45, 7) is 2.60. The first-order chi connectivity index (χ1) is 6.61. The normalized spacial score (nSPS) is 21.1. The van der Waals surface area contributed by atoms with Gasteiger partial charge in [-0.2, -0.15) is 0 Å². The highest BCUT2D eigenvalue weighted by Gasteiger charge is 2.23. The van der Waals surface area contributed by atoms with Crippen molar-refractivity contribution in [3.63, 3.8) is 0 Å². The van der Waals surface area contributed by atoms with Crippen LogP contribution in [0.2, 0.25) is 0 Å². The molecule has 1 heterocycles. The van der Waals surface area contributed by atoms with Crippen LogP contribution < -0.4 is 5.73 Å². The van der Waals surface area contributed by atoms with Crippen molar-refractivity contribution in [2.24, 2.45) is 5.73 Å². The van der Waals surface area contributed by atoms with Gasteiger partial charge in [0, 0.05) is 19.6 Å². The molecule has 0 aromatic rings. The van der Waals surface area contributed by atoms with Gasteiger partial charge in [-0.15, -0.1) is 24.8 Å². The van der Waals surface area contributed by atoms with Gasteiger partial charge in [0.25, 0.3) is 0 Å². The van der Waals surface area contributed by atoms with Gasteiger partial charge < -0.3 is 15.5 Å². The van der Waals surface area contributed by atoms with E-state index >= 15 is 0 Å². The van der Waals surface area contributed by atoms with Crippen LogP contribution in [-0.2, 0) is 4.79 Å². The van der Waals surface area contributed by atoms with Gasteiger partial charge in [-0.05, 0) is 33.4 Å². The Morgan fingerprint density at radius 3 is 2.56 bits per heavy atom. The highest BCUT2D eigenvalue weighted by molar-refractivity contribution is 5.85. The van der Waals surface area contributed by atoms with E-state index in [0.717, 1.165) is 38.9 Å². The molecule has 1 amide bonds. The monoisotopic (exact) mass is 271 g/mol. The molecule has 0 aromatic heterocycles. The zero-order chi connectivity index (χ0) is 10.6. The summed E-state index contributed by atoms with van der Waals surface area (Å²) in [7, 11) is 4.03. The van der Waals surface area contributed by atoms with Crippen LogP contribution in [0.5, 0.6) is 0 Å². The molecule has 0 bridgehead atoms. The second-order valence-corrected chi connectivity index (χ2v) is 4.23. The third-order valence-electron chi connectivity index (χ3n) is 2.64. The third kappa shape index (κ3) is 5.89. The Balaban J connectivity index is 0. The van der Waals surface area contributed by atoms with Crippen molar-refractivity contribution in [1.29, 1.82) is 0 Å². The van der Waals surface area contributed by atoms with Gasteiger partial charge in [-0.25, -0.2) is 0 Å². The molecule has 98 valence electrons. The fourth-order valence-corrected chi connectivity index (χ4v) is 1.68. The van der Waals surface area contributed by atoms with E-state index in [4.69, 9.17) is 5.73 Å². The molecule has 0 aliphatic carbocycles. The summed E-state index contributed by atoms with van der Waals surface area (Å²) >= 11 is 0. The lowest BCUT2D eigenvalue weighted by Crippen LogP contribution is -2.44. The number of rotatable bonds is 3. The molecule has 1 aliphatic heterocycles. The minimum absolute atomic E-state index is 0. The van der Waals surface area contributed by atoms with E-state index in [1.165, 1.54) is 0 Å². The summed E-state index contributed by atoms with van der Waals surface area (Å²) in [6, 6.07) is -0.264. The lowest BCUT2D eigenvalue weighted by molar-refractivity contribution is -0.132. The van der Waals surface area contributed by atoms with Gasteiger partial charge in [0.1, 0.15) is 0 Å². The van der Waals surface area contributed by atoms with Gasteiger partial charge >= 0.3 is 0 Å². The number of likely N-dealkylation sites (N-methyl/N-ethyl adjacent to an activating group) is 1. The van der Waals surface area contributed by atoms with Gasteiger partial charge in [0.15, 0.2) is 0 Å². The average Bonchev–Trinajstić information content (AvgIpc) is 2.28. The Bertz CT molecular complexity index is 203. The lowest BCUT2D eigenvalue weighted by Gasteiger charge is -2.24. The smallest absolute Gasteiger partial charge is 0.239 e. The van der Waals surface area contributed by atoms with Gasteiger partial charge in [0.2, 0.25) is 5.91 Å². The summed E-state index contributed by atoms with van der Waals surface area (Å²) in [5.41, 5.74) is 5.77. The van der Waals surface area contributed by atoms with E-state index in [-0.39, 0.29) is 36.8 Å². The molecule has 0 aromatic carbocycles. The Hall–Kier alpha value is -0.0300. The number of amides is 1. The van der Waals surface area contributed by atoms with Gasteiger partial charge in [0.05, 0.1) is 6.04 Å². The number of nitrogens with zero attached hydrogens (tertiary/aromatic N) is 2. The Kier molecular flexibility index (Phi) is 10.4. The predicted molar refractivity (Wildman–Crippen MR) is 71.5 cm³/mol. The molecule has 1 rings (SSSR count). The van der Waals surface area contributed by atoms with E-state index in [1.54, 1.807) is 0 Å². The molecule has 1 aliphatic rings. The fourth-order valence-electron chi connectivity index (χ4n) is 1.68. The van der Waals surface area contributed by atoms with E-state index < -0.39 is 0 Å². The summed E-state index contributed by atoms with van der Waals surface area (Å²) in [5, 5.41) is 0. The highest BCUT2D eigenvalue weighted by atomic mass is 35.5. The SMILES string of the molecule is CN(C)CCN1CCCC[C@H](N)C1=O.Cl.Cl. The summed E-state index contributed by atoms with van der Waals surface area (Å²) in [5.74, 6) is 0.129. The third-order valence-corrected chi connectivity index (χ3v) is 2.64. The van der Waals surface area contributed by atoms with Crippen LogP contribution in [0.4, 0.5) is 0 Å². The molecule has 0 radical (unpaired) electrons. The minimum Gasteiger partial charge on any atom is -0.340 e. The molecule has 0 spiro atoms. The quantitative estimate of drug-likeness (QED) is 0.824. The Labute approximate surface area is 110 Å². The molecule has 6 heteroatoms. The molecule has 4 nitrogen and oxygen atoms in total. The topological polar surface area (TPSA) is 49.6 Å². The standard InChI is InChI=1S/C10H21N3O.2ClH/c1-12(2)7-8-13-6-4-3-5-9(11)10(13)14;;/h9H,3-8,11H2,1-2H3;2*1H/t9-;;/m0../s1. The first-order valence-electron chi connectivity index (χ1n) is 5.30. The number of carbonyl (C=O) groups excluding carboxylic acids is 1. The molecule has 2 N–H and O–H groups in total. The molecule has 1 atom stereocenters. The number of nitrogens with two attached hydrogens (primary N) is 1. The molecule has 1 fully saturated rings. The molecule has 1 saturated heterocycles. The number of likely N-dealkylation sites (tertiary alicyclic amines) is 1. The van der Waals surface area contributed by atoms with Crippen molar-refractivity contribution in [2.45, 2.75) is 25.3 Å². The highest BCUT2D eigenvalue weighted by Crippen LogP contribution is 2.10. The molecular weight excluding hydrogens is 249 g/mol. The van der Waals surface area contributed by atoms with Crippen LogP contribution in [0.3, 0.4) is 0 Å². The maximum Gasteiger partial charge on any atom is 0.239 e. The van der Waals surface area contributed by atoms with Crippen LogP contribution in [-0.4, -0.2) is 55.5 Å². The summed E-state index contributed by atoms with van der Waals surface area (Å²) < 4.78 is 0. The lowest BCUT2D eigenvalue weighted by atomic mass is 10.1. The first kappa shape index (κ1) is 18.3. The van der Waals surface area contributed by atoms with Gasteiger partial charge in [-0.1, -0.05) is 0 Å². The zero-order valence-electron chi connectivity index (χ0n) is 10.0. The van der Waals surface area contributed by atoms with E-state index in [1.807, 2.05) is 19.0 Å². The van der Waals surface area contributed by atoms with Crippen molar-refractivity contribution in [1.82, 2.24) is 9.80 Å². The van der Waals surface area contributed by atoms with Crippen molar-refractivity contribution >= 4 is 30.7 Å². The van der Waals surface area contributed by atoms with E-state index in [9.17, 15) is 4.79 Å². The maximum absolute atomic E-state index is 11.7. The molecular formula is C10H23Cl2N3O. The van der Waals surface area contributed by atoms with Crippen molar-refractivity contribution < 1.29 is 4.79 Å². The van der Waals surface area contributed by atoms with Crippen molar-refractivity contribution in [2.75, 3.05) is 33.7 Å². The number of carbonyl (C=O) groups is 1. The van der Waals surface area contributed by atoms with Crippen LogP contribution in [0.25, 0.3) is 0 Å². The number of hydrogen-bond donors (Lipinski definition) is 1. The van der Waals surface area contributed by atoms with E-state index in [0.29, 0.717) is 0 Å². The maximum atomic E-state index is 11.7. The van der Waals surface area contributed by atoms with Crippen LogP contribution in [0, 0.1) is 0 Å². The zero-order valence-corrected chi connectivity index (χ0v) is 11.6. The predicted octanol–water partition coefficient (Wildman–Crippen LogP) is 0.731. The number of hydrogen-bond acceptors (Lipinski definition) is 3. The van der Waals surface area contributed by atoms with Crippen LogP contribution >= 0.6 is 24.8 Å². The second-order valence-electron chi connectivity index (χ2n) is 4.23. The van der Waals surface area contributed by atoms with Crippen LogP contribution in [0.1, 0.15) is 19.3 Å². The first-order valence-corrected chi connectivity index (χ1v) is 5.30.